The quantitative estimate of drug-likeness (QED) is 0.0278. The van der Waals surface area contributed by atoms with Gasteiger partial charge in [-0.15, -0.1) is 0 Å². The molecule has 0 spiro atoms. The van der Waals surface area contributed by atoms with Gasteiger partial charge in [-0.2, -0.15) is 0 Å². The van der Waals surface area contributed by atoms with Crippen LogP contribution < -0.4 is 11.1 Å². The third-order valence-corrected chi connectivity index (χ3v) is 10.8. The molecule has 51 heavy (non-hydrogen) atoms. The van der Waals surface area contributed by atoms with Crippen LogP contribution in [0, 0.1) is 0 Å². The van der Waals surface area contributed by atoms with E-state index in [1.807, 2.05) is 6.08 Å². The Bertz CT molecular complexity index is 814. The smallest absolute Gasteiger partial charge is 0.387 e. The maximum absolute atomic E-state index is 12.7. The lowest BCUT2D eigenvalue weighted by molar-refractivity contribution is -0.123. The number of hydrogen-bond acceptors (Lipinski definition) is 6. The summed E-state index contributed by atoms with van der Waals surface area (Å²) in [5.41, 5.74) is 5.36. The second-order valence-corrected chi connectivity index (χ2v) is 16.4. The molecule has 0 aliphatic rings. The number of nitrogens with two attached hydrogens (primary N) is 1. The normalized spacial score (nSPS) is 14.2. The number of aliphatic hydroxyl groups is 1. The number of rotatable bonds is 41. The molecule has 1 amide bonds. The zero-order chi connectivity index (χ0) is 37.5. The van der Waals surface area contributed by atoms with Crippen molar-refractivity contribution in [2.45, 2.75) is 231 Å². The summed E-state index contributed by atoms with van der Waals surface area (Å²) in [5, 5.41) is 13.6. The Morgan fingerprint density at radius 2 is 1.00 bits per heavy atom. The highest BCUT2D eigenvalue weighted by molar-refractivity contribution is 7.47. The third kappa shape index (κ3) is 37.4. The molecule has 0 saturated carbocycles. The van der Waals surface area contributed by atoms with Gasteiger partial charge in [-0.05, 0) is 19.3 Å². The topological polar surface area (TPSA) is 131 Å². The molecule has 8 nitrogen and oxygen atoms in total. The van der Waals surface area contributed by atoms with Gasteiger partial charge in [0.05, 0.1) is 25.4 Å². The Kier molecular flexibility index (Phi) is 38.4. The van der Waals surface area contributed by atoms with Crippen molar-refractivity contribution < 1.29 is 28.4 Å². The average molecular weight is 745 g/mol. The van der Waals surface area contributed by atoms with Crippen molar-refractivity contribution in [2.24, 2.45) is 5.73 Å². The van der Waals surface area contributed by atoms with E-state index in [-0.39, 0.29) is 25.7 Å². The Labute approximate surface area is 315 Å². The van der Waals surface area contributed by atoms with Crippen molar-refractivity contribution in [3.05, 3.63) is 12.2 Å². The summed E-state index contributed by atoms with van der Waals surface area (Å²) in [6, 6.07) is -0.853. The number of allylic oxidation sites excluding steroid dienone is 1. The Morgan fingerprint density at radius 1 is 0.627 bits per heavy atom. The maximum atomic E-state index is 12.7. The minimum atomic E-state index is -4.33. The van der Waals surface area contributed by atoms with Crippen LogP contribution in [0.4, 0.5) is 0 Å². The molecule has 0 heterocycles. The molecule has 0 aliphatic carbocycles. The summed E-state index contributed by atoms with van der Waals surface area (Å²) < 4.78 is 22.0. The number of nitrogens with one attached hydrogen (secondary N) is 1. The molecule has 5 N–H and O–H groups in total. The Hall–Kier alpha value is -0.760. The van der Waals surface area contributed by atoms with Gasteiger partial charge in [0.15, 0.2) is 0 Å². The van der Waals surface area contributed by atoms with E-state index in [2.05, 4.69) is 19.2 Å². The molecular weight excluding hydrogens is 659 g/mol. The summed E-state index contributed by atoms with van der Waals surface area (Å²) in [6.45, 7) is 4.12. The Morgan fingerprint density at radius 3 is 1.39 bits per heavy atom. The van der Waals surface area contributed by atoms with Gasteiger partial charge in [0.25, 0.3) is 0 Å². The molecule has 0 radical (unpaired) electrons. The van der Waals surface area contributed by atoms with Gasteiger partial charge in [-0.3, -0.25) is 13.8 Å². The van der Waals surface area contributed by atoms with Crippen LogP contribution in [0.2, 0.25) is 0 Å². The van der Waals surface area contributed by atoms with E-state index in [4.69, 9.17) is 14.8 Å². The fourth-order valence-electron chi connectivity index (χ4n) is 6.54. The fourth-order valence-corrected chi connectivity index (χ4v) is 7.30. The number of aliphatic hydroxyl groups excluding tert-OH is 1. The van der Waals surface area contributed by atoms with Crippen LogP contribution in [-0.2, 0) is 18.4 Å². The summed E-state index contributed by atoms with van der Waals surface area (Å²) in [5.74, 6) is -0.192. The second-order valence-electron chi connectivity index (χ2n) is 14.9. The number of phosphoric acid groups is 1. The minimum absolute atomic E-state index is 0.0810. The first-order valence-corrected chi connectivity index (χ1v) is 23.3. The molecule has 0 aromatic rings. The van der Waals surface area contributed by atoms with Gasteiger partial charge in [0.1, 0.15) is 0 Å². The lowest BCUT2D eigenvalue weighted by Crippen LogP contribution is -2.45. The molecular formula is C42H85N2O6P. The predicted octanol–water partition coefficient (Wildman–Crippen LogP) is 12.0. The zero-order valence-corrected chi connectivity index (χ0v) is 34.5. The van der Waals surface area contributed by atoms with E-state index in [9.17, 15) is 19.4 Å². The fraction of sp³-hybridized carbons (Fsp3) is 0.929. The van der Waals surface area contributed by atoms with Crippen molar-refractivity contribution >= 4 is 13.7 Å². The molecule has 304 valence electrons. The standard InChI is InChI=1S/C42H85N2O6P/c1-3-5-7-9-11-13-14-15-16-17-18-19-20-21-22-23-24-25-26-28-30-32-34-36-42(46)44-40(39-50-51(47,48)49-38-37-43)41(45)35-33-31-29-27-12-10-8-6-4-2/h33,35,40-41,45H,3-32,34,36-39,43H2,1-2H3,(H,44,46)(H,47,48)/b35-33+/t40-,41+/m0/s1. The molecule has 0 saturated heterocycles. The van der Waals surface area contributed by atoms with E-state index >= 15 is 0 Å². The first kappa shape index (κ1) is 50.2. The molecule has 9 heteroatoms. The Balaban J connectivity index is 3.98. The lowest BCUT2D eigenvalue weighted by atomic mass is 10.0. The van der Waals surface area contributed by atoms with Crippen LogP contribution in [0.1, 0.15) is 219 Å². The predicted molar refractivity (Wildman–Crippen MR) is 217 cm³/mol. The van der Waals surface area contributed by atoms with Crippen molar-refractivity contribution in [3.63, 3.8) is 0 Å². The summed E-state index contributed by atoms with van der Waals surface area (Å²) in [4.78, 5) is 22.6. The summed E-state index contributed by atoms with van der Waals surface area (Å²) in [6.07, 6.45) is 42.8. The van der Waals surface area contributed by atoms with Gasteiger partial charge in [-0.1, -0.05) is 206 Å². The van der Waals surface area contributed by atoms with Crippen molar-refractivity contribution in [2.75, 3.05) is 19.8 Å². The van der Waals surface area contributed by atoms with Crippen LogP contribution in [0.15, 0.2) is 12.2 Å². The summed E-state index contributed by atoms with van der Waals surface area (Å²) >= 11 is 0. The molecule has 0 aromatic carbocycles. The van der Waals surface area contributed by atoms with Crippen LogP contribution in [-0.4, -0.2) is 47.8 Å². The number of phosphoric ester groups is 1. The van der Waals surface area contributed by atoms with Crippen LogP contribution in [0.5, 0.6) is 0 Å². The van der Waals surface area contributed by atoms with Gasteiger partial charge in [0, 0.05) is 13.0 Å². The summed E-state index contributed by atoms with van der Waals surface area (Å²) in [7, 11) is -4.33. The second kappa shape index (κ2) is 38.9. The van der Waals surface area contributed by atoms with E-state index in [1.54, 1.807) is 6.08 Å². The highest BCUT2D eigenvalue weighted by Gasteiger charge is 2.26. The molecule has 0 fully saturated rings. The lowest BCUT2D eigenvalue weighted by Gasteiger charge is -2.23. The largest absolute Gasteiger partial charge is 0.472 e. The van der Waals surface area contributed by atoms with Gasteiger partial charge in [-0.25, -0.2) is 4.57 Å². The SMILES string of the molecule is CCCCCCCCC/C=C/[C@@H](O)[C@H](COP(=O)(O)OCCN)NC(=O)CCCCCCCCCCCCCCCCCCCCCCCCC. The number of amides is 1. The van der Waals surface area contributed by atoms with Gasteiger partial charge in [0.2, 0.25) is 5.91 Å². The van der Waals surface area contributed by atoms with Crippen LogP contribution in [0.25, 0.3) is 0 Å². The monoisotopic (exact) mass is 745 g/mol. The highest BCUT2D eigenvalue weighted by atomic mass is 31.2. The van der Waals surface area contributed by atoms with Crippen LogP contribution >= 0.6 is 7.82 Å². The van der Waals surface area contributed by atoms with E-state index < -0.39 is 20.0 Å². The molecule has 0 aromatic heterocycles. The maximum Gasteiger partial charge on any atom is 0.472 e. The third-order valence-electron chi connectivity index (χ3n) is 9.86. The first-order valence-electron chi connectivity index (χ1n) is 21.8. The molecule has 3 atom stereocenters. The molecule has 0 aliphatic heterocycles. The number of carbonyl (C=O) groups excluding carboxylic acids is 1. The van der Waals surface area contributed by atoms with Crippen molar-refractivity contribution in [1.82, 2.24) is 5.32 Å². The van der Waals surface area contributed by atoms with E-state index in [0.29, 0.717) is 6.42 Å². The van der Waals surface area contributed by atoms with E-state index in [1.165, 1.54) is 161 Å². The number of carbonyl (C=O) groups is 1. The van der Waals surface area contributed by atoms with E-state index in [0.717, 1.165) is 38.5 Å². The number of hydrogen-bond donors (Lipinski definition) is 4. The van der Waals surface area contributed by atoms with Gasteiger partial charge < -0.3 is 21.1 Å². The van der Waals surface area contributed by atoms with Crippen LogP contribution in [0.3, 0.4) is 0 Å². The molecule has 0 rings (SSSR count). The minimum Gasteiger partial charge on any atom is -0.387 e. The number of unbranched alkanes of at least 4 members (excludes halogenated alkanes) is 29. The molecule has 1 unspecified atom stereocenters. The van der Waals surface area contributed by atoms with Crippen molar-refractivity contribution in [3.8, 4) is 0 Å². The average Bonchev–Trinajstić information content (AvgIpc) is 3.12. The van der Waals surface area contributed by atoms with Crippen molar-refractivity contribution in [1.29, 1.82) is 0 Å². The zero-order valence-electron chi connectivity index (χ0n) is 33.6. The molecule has 0 bridgehead atoms. The highest BCUT2D eigenvalue weighted by Crippen LogP contribution is 2.43. The first-order chi connectivity index (χ1) is 24.9. The van der Waals surface area contributed by atoms with Gasteiger partial charge >= 0.3 is 7.82 Å².